The summed E-state index contributed by atoms with van der Waals surface area (Å²) in [7, 11) is 2.37. The van der Waals surface area contributed by atoms with Crippen LogP contribution in [0.15, 0.2) is 30.3 Å². The summed E-state index contributed by atoms with van der Waals surface area (Å²) in [5.41, 5.74) is 0.829. The predicted molar refractivity (Wildman–Crippen MR) is 63.7 cm³/mol. The fourth-order valence-electron chi connectivity index (χ4n) is 1.63. The van der Waals surface area contributed by atoms with Gasteiger partial charge in [0.05, 0.1) is 20.1 Å². The summed E-state index contributed by atoms with van der Waals surface area (Å²) < 4.78 is 9.02. The van der Waals surface area contributed by atoms with E-state index in [9.17, 15) is 14.7 Å². The van der Waals surface area contributed by atoms with E-state index in [1.807, 2.05) is 18.2 Å². The Morgan fingerprint density at radius 1 is 1.11 bits per heavy atom. The number of benzene rings is 1. The summed E-state index contributed by atoms with van der Waals surface area (Å²) in [4.78, 5) is 22.9. The number of ether oxygens (including phenoxy) is 2. The lowest BCUT2D eigenvalue weighted by Gasteiger charge is -2.18. The fourth-order valence-corrected chi connectivity index (χ4v) is 1.63. The molecule has 0 fully saturated rings. The van der Waals surface area contributed by atoms with E-state index in [1.165, 1.54) is 7.11 Å². The van der Waals surface area contributed by atoms with Crippen molar-refractivity contribution in [2.45, 2.75) is 12.5 Å². The molecule has 2 atom stereocenters. The molecule has 98 valence electrons. The van der Waals surface area contributed by atoms with Crippen molar-refractivity contribution in [3.05, 3.63) is 35.9 Å². The number of carbonyl (C=O) groups excluding carboxylic acids is 2. The first-order valence-corrected chi connectivity index (χ1v) is 5.47. The molecule has 0 aliphatic carbocycles. The second-order valence-corrected chi connectivity index (χ2v) is 3.79. The Morgan fingerprint density at radius 3 is 2.17 bits per heavy atom. The zero-order chi connectivity index (χ0) is 13.5. The summed E-state index contributed by atoms with van der Waals surface area (Å²) in [6.07, 6.45) is -1.31. The summed E-state index contributed by atoms with van der Waals surface area (Å²) in [6.45, 7) is 0. The molecule has 0 radical (unpaired) electrons. The molecule has 0 aromatic heterocycles. The zero-order valence-electron chi connectivity index (χ0n) is 10.3. The second-order valence-electron chi connectivity index (χ2n) is 3.79. The van der Waals surface area contributed by atoms with E-state index >= 15 is 0 Å². The highest BCUT2D eigenvalue weighted by molar-refractivity contribution is 5.83. The Hall–Kier alpha value is -1.88. The first-order chi connectivity index (χ1) is 8.60. The lowest BCUT2D eigenvalue weighted by atomic mass is 9.94. The molecule has 1 rings (SSSR count). The molecule has 0 heterocycles. The summed E-state index contributed by atoms with van der Waals surface area (Å²) in [5, 5.41) is 9.76. The van der Waals surface area contributed by atoms with Crippen LogP contribution in [0, 0.1) is 5.92 Å². The number of esters is 2. The van der Waals surface area contributed by atoms with Crippen molar-refractivity contribution in [3.63, 3.8) is 0 Å². The van der Waals surface area contributed by atoms with Gasteiger partial charge in [-0.05, 0) is 12.0 Å². The highest BCUT2D eigenvalue weighted by atomic mass is 16.5. The van der Waals surface area contributed by atoms with Crippen LogP contribution in [0.3, 0.4) is 0 Å². The average Bonchev–Trinajstić information content (AvgIpc) is 2.43. The number of hydrogen-bond donors (Lipinski definition) is 1. The van der Waals surface area contributed by atoms with Gasteiger partial charge in [0, 0.05) is 0 Å². The molecule has 18 heavy (non-hydrogen) atoms. The third kappa shape index (κ3) is 3.56. The quantitative estimate of drug-likeness (QED) is 0.775. The lowest BCUT2D eigenvalue weighted by Crippen LogP contribution is -2.37. The SMILES string of the molecule is COC(=O)C(Cc1ccccc1)[C@H](O)C(=O)OC. The normalized spacial score (nSPS) is 13.5. The zero-order valence-corrected chi connectivity index (χ0v) is 10.3. The van der Waals surface area contributed by atoms with Gasteiger partial charge in [-0.15, -0.1) is 0 Å². The molecule has 1 unspecified atom stereocenters. The van der Waals surface area contributed by atoms with Gasteiger partial charge >= 0.3 is 11.9 Å². The van der Waals surface area contributed by atoms with E-state index in [-0.39, 0.29) is 6.42 Å². The summed E-state index contributed by atoms with van der Waals surface area (Å²) in [6, 6.07) is 9.08. The largest absolute Gasteiger partial charge is 0.469 e. The topological polar surface area (TPSA) is 72.8 Å². The van der Waals surface area contributed by atoms with E-state index in [1.54, 1.807) is 12.1 Å². The monoisotopic (exact) mass is 252 g/mol. The van der Waals surface area contributed by atoms with Crippen LogP contribution >= 0.6 is 0 Å². The van der Waals surface area contributed by atoms with Gasteiger partial charge < -0.3 is 14.6 Å². The third-order valence-electron chi connectivity index (χ3n) is 2.63. The Labute approximate surface area is 105 Å². The molecule has 0 saturated heterocycles. The molecular weight excluding hydrogens is 236 g/mol. The summed E-state index contributed by atoms with van der Waals surface area (Å²) in [5.74, 6) is -2.46. The van der Waals surface area contributed by atoms with Crippen LogP contribution in [0.4, 0.5) is 0 Å². The maximum atomic E-state index is 11.6. The van der Waals surface area contributed by atoms with Crippen LogP contribution in [0.2, 0.25) is 0 Å². The number of rotatable bonds is 5. The second kappa shape index (κ2) is 6.76. The van der Waals surface area contributed by atoms with Gasteiger partial charge in [0.2, 0.25) is 0 Å². The standard InChI is InChI=1S/C13H16O5/c1-17-12(15)10(11(14)13(16)18-2)8-9-6-4-3-5-7-9/h3-7,10-11,14H,8H2,1-2H3/t10?,11-/m0/s1. The van der Waals surface area contributed by atoms with Gasteiger partial charge in [0.15, 0.2) is 6.10 Å². The van der Waals surface area contributed by atoms with Crippen molar-refractivity contribution in [2.24, 2.45) is 5.92 Å². The molecule has 1 N–H and O–H groups in total. The number of aliphatic hydroxyl groups is 1. The highest BCUT2D eigenvalue weighted by Gasteiger charge is 2.33. The first kappa shape index (κ1) is 14.2. The molecule has 1 aromatic rings. The lowest BCUT2D eigenvalue weighted by molar-refractivity contribution is -0.163. The Morgan fingerprint density at radius 2 is 1.67 bits per heavy atom. The predicted octanol–water partition coefficient (Wildman–Crippen LogP) is 0.552. The van der Waals surface area contributed by atoms with E-state index in [0.29, 0.717) is 0 Å². The molecule has 1 aromatic carbocycles. The van der Waals surface area contributed by atoms with Crippen molar-refractivity contribution < 1.29 is 24.2 Å². The minimum absolute atomic E-state index is 0.212. The van der Waals surface area contributed by atoms with Gasteiger partial charge in [-0.2, -0.15) is 0 Å². The molecular formula is C13H16O5. The van der Waals surface area contributed by atoms with Crippen molar-refractivity contribution in [1.82, 2.24) is 0 Å². The van der Waals surface area contributed by atoms with Crippen LogP contribution in [0.25, 0.3) is 0 Å². The number of hydrogen-bond acceptors (Lipinski definition) is 5. The maximum absolute atomic E-state index is 11.6. The molecule has 5 heteroatoms. The van der Waals surface area contributed by atoms with Gasteiger partial charge in [0.1, 0.15) is 0 Å². The average molecular weight is 252 g/mol. The maximum Gasteiger partial charge on any atom is 0.335 e. The van der Waals surface area contributed by atoms with Crippen molar-refractivity contribution in [2.75, 3.05) is 14.2 Å². The minimum Gasteiger partial charge on any atom is -0.469 e. The summed E-state index contributed by atoms with van der Waals surface area (Å²) >= 11 is 0. The van der Waals surface area contributed by atoms with Gasteiger partial charge in [-0.25, -0.2) is 4.79 Å². The first-order valence-electron chi connectivity index (χ1n) is 5.47. The van der Waals surface area contributed by atoms with E-state index in [4.69, 9.17) is 0 Å². The Bertz CT molecular complexity index is 401. The number of methoxy groups -OCH3 is 2. The van der Waals surface area contributed by atoms with Crippen LogP contribution < -0.4 is 0 Å². The number of carbonyl (C=O) groups is 2. The third-order valence-corrected chi connectivity index (χ3v) is 2.63. The molecule has 0 amide bonds. The minimum atomic E-state index is -1.53. The molecule has 0 aliphatic rings. The van der Waals surface area contributed by atoms with Gasteiger partial charge in [0.25, 0.3) is 0 Å². The van der Waals surface area contributed by atoms with Crippen LogP contribution in [0.5, 0.6) is 0 Å². The molecule has 0 saturated carbocycles. The van der Waals surface area contributed by atoms with Crippen molar-refractivity contribution in [1.29, 1.82) is 0 Å². The Balaban J connectivity index is 2.86. The van der Waals surface area contributed by atoms with E-state index < -0.39 is 24.0 Å². The van der Waals surface area contributed by atoms with E-state index in [0.717, 1.165) is 12.7 Å². The van der Waals surface area contributed by atoms with Crippen LogP contribution in [-0.4, -0.2) is 37.4 Å². The van der Waals surface area contributed by atoms with Crippen LogP contribution in [-0.2, 0) is 25.5 Å². The van der Waals surface area contributed by atoms with Crippen molar-refractivity contribution >= 4 is 11.9 Å². The van der Waals surface area contributed by atoms with Crippen LogP contribution in [0.1, 0.15) is 5.56 Å². The molecule has 5 nitrogen and oxygen atoms in total. The molecule has 0 bridgehead atoms. The molecule has 0 spiro atoms. The fraction of sp³-hybridized carbons (Fsp3) is 0.385. The molecule has 0 aliphatic heterocycles. The Kier molecular flexibility index (Phi) is 5.32. The smallest absolute Gasteiger partial charge is 0.335 e. The van der Waals surface area contributed by atoms with Gasteiger partial charge in [-0.3, -0.25) is 4.79 Å². The highest BCUT2D eigenvalue weighted by Crippen LogP contribution is 2.15. The van der Waals surface area contributed by atoms with Gasteiger partial charge in [-0.1, -0.05) is 30.3 Å². The van der Waals surface area contributed by atoms with Crippen molar-refractivity contribution in [3.8, 4) is 0 Å². The number of aliphatic hydroxyl groups excluding tert-OH is 1. The van der Waals surface area contributed by atoms with E-state index in [2.05, 4.69) is 9.47 Å².